The van der Waals surface area contributed by atoms with Gasteiger partial charge in [-0.15, -0.1) is 0 Å². The van der Waals surface area contributed by atoms with Gasteiger partial charge in [0.25, 0.3) is 0 Å². The predicted molar refractivity (Wildman–Crippen MR) is 119 cm³/mol. The molecule has 0 spiro atoms. The maximum Gasteiger partial charge on any atom is 0.418 e. The molecular weight excluding hydrogens is 452 g/mol. The highest BCUT2D eigenvalue weighted by Gasteiger charge is 2.55. The Balaban J connectivity index is 1.62. The van der Waals surface area contributed by atoms with E-state index in [0.717, 1.165) is 0 Å². The summed E-state index contributed by atoms with van der Waals surface area (Å²) in [5.41, 5.74) is 4.33. The predicted octanol–water partition coefficient (Wildman–Crippen LogP) is 4.18. The molecule has 2 aromatic heterocycles. The Bertz CT molecular complexity index is 1220. The third kappa shape index (κ3) is 4.58. The quantitative estimate of drug-likeness (QED) is 0.426. The van der Waals surface area contributed by atoms with E-state index in [4.69, 9.17) is 5.73 Å². The third-order valence-electron chi connectivity index (χ3n) is 5.91. The molecule has 4 rings (SSSR count). The van der Waals surface area contributed by atoms with E-state index in [1.165, 1.54) is 53.7 Å². The van der Waals surface area contributed by atoms with Crippen LogP contribution in [-0.4, -0.2) is 45.7 Å². The summed E-state index contributed by atoms with van der Waals surface area (Å²) in [5.74, 6) is -0.997. The minimum absolute atomic E-state index is 0.0685. The molecular formula is C24H22F4N4O2. The summed E-state index contributed by atoms with van der Waals surface area (Å²) in [6, 6.07) is 10.5. The second-order valence-electron chi connectivity index (χ2n) is 8.27. The number of aromatic nitrogens is 2. The number of Topliss-reactive ketones (excluding diaryl/α,β-unsaturated/α-hetero) is 1. The van der Waals surface area contributed by atoms with Crippen molar-refractivity contribution >= 4 is 17.2 Å². The monoisotopic (exact) mass is 474 g/mol. The molecule has 3 heterocycles. The number of β-amino-alcohol motifs (C(OH)–C–C–N with tert-alkyl or cyclic N) is 1. The molecule has 1 atom stereocenters. The first-order chi connectivity index (χ1) is 16.1. The standard InChI is InChI=1S/C24H22F4N4O2/c25-17-5-2-1-4-16(17)19-7-6-18(29)22(31-19)21(33)12-15-13-30-10-8-20(15)32-11-3-9-23(34,14-32)24(26,27)28/h1-2,4-8,10,13,34H,3,9,11-12,14,29H2. The average molecular weight is 474 g/mol. The van der Waals surface area contributed by atoms with Crippen molar-refractivity contribution in [2.24, 2.45) is 0 Å². The number of piperidine rings is 1. The Labute approximate surface area is 193 Å². The van der Waals surface area contributed by atoms with Gasteiger partial charge < -0.3 is 15.7 Å². The Morgan fingerprint density at radius 1 is 1.18 bits per heavy atom. The summed E-state index contributed by atoms with van der Waals surface area (Å²) in [6.07, 6.45) is -2.47. The van der Waals surface area contributed by atoms with Crippen LogP contribution in [0.1, 0.15) is 28.9 Å². The number of benzene rings is 1. The van der Waals surface area contributed by atoms with Crippen LogP contribution in [0.5, 0.6) is 0 Å². The van der Waals surface area contributed by atoms with Crippen molar-refractivity contribution in [3.8, 4) is 11.3 Å². The Morgan fingerprint density at radius 3 is 2.68 bits per heavy atom. The minimum atomic E-state index is -4.78. The fourth-order valence-electron chi connectivity index (χ4n) is 4.11. The molecule has 0 amide bonds. The van der Waals surface area contributed by atoms with E-state index in [0.29, 0.717) is 11.3 Å². The summed E-state index contributed by atoms with van der Waals surface area (Å²) in [4.78, 5) is 22.8. The number of rotatable bonds is 5. The molecule has 1 aliphatic rings. The van der Waals surface area contributed by atoms with Gasteiger partial charge in [-0.1, -0.05) is 12.1 Å². The van der Waals surface area contributed by atoms with Crippen molar-refractivity contribution in [2.75, 3.05) is 23.7 Å². The van der Waals surface area contributed by atoms with Crippen LogP contribution in [-0.2, 0) is 6.42 Å². The van der Waals surface area contributed by atoms with Crippen LogP contribution < -0.4 is 10.6 Å². The molecule has 1 saturated heterocycles. The number of ketones is 1. The van der Waals surface area contributed by atoms with Crippen molar-refractivity contribution in [1.82, 2.24) is 9.97 Å². The Hall–Kier alpha value is -3.53. The first-order valence-corrected chi connectivity index (χ1v) is 10.6. The number of aliphatic hydroxyl groups is 1. The van der Waals surface area contributed by atoms with Crippen LogP contribution in [0.4, 0.5) is 28.9 Å². The second-order valence-corrected chi connectivity index (χ2v) is 8.27. The topological polar surface area (TPSA) is 92.3 Å². The largest absolute Gasteiger partial charge is 0.418 e. The number of nitrogens with zero attached hydrogens (tertiary/aromatic N) is 3. The lowest BCUT2D eigenvalue weighted by atomic mass is 9.91. The SMILES string of the molecule is Nc1ccc(-c2ccccc2F)nc1C(=O)Cc1cnccc1N1CCCC(O)(C(F)(F)F)C1. The molecule has 0 bridgehead atoms. The molecule has 1 aromatic carbocycles. The van der Waals surface area contributed by atoms with Crippen LogP contribution in [0.25, 0.3) is 11.3 Å². The number of nitrogen functional groups attached to an aromatic ring is 1. The Morgan fingerprint density at radius 2 is 1.94 bits per heavy atom. The maximum absolute atomic E-state index is 14.2. The van der Waals surface area contributed by atoms with Gasteiger partial charge in [-0.2, -0.15) is 13.2 Å². The van der Waals surface area contributed by atoms with Crippen molar-refractivity contribution < 1.29 is 27.5 Å². The molecule has 1 unspecified atom stereocenters. The molecule has 0 radical (unpaired) electrons. The highest BCUT2D eigenvalue weighted by molar-refractivity contribution is 6.01. The van der Waals surface area contributed by atoms with Gasteiger partial charge in [0.2, 0.25) is 0 Å². The van der Waals surface area contributed by atoms with Crippen LogP contribution in [0.3, 0.4) is 0 Å². The summed E-state index contributed by atoms with van der Waals surface area (Å²) in [6.45, 7) is -0.363. The van der Waals surface area contributed by atoms with Crippen molar-refractivity contribution in [3.63, 3.8) is 0 Å². The zero-order valence-corrected chi connectivity index (χ0v) is 18.0. The number of carbonyl (C=O) groups excluding carboxylic acids is 1. The fraction of sp³-hybridized carbons (Fsp3) is 0.292. The van der Waals surface area contributed by atoms with Crippen LogP contribution in [0.2, 0.25) is 0 Å². The van der Waals surface area contributed by atoms with Crippen LogP contribution in [0.15, 0.2) is 54.9 Å². The van der Waals surface area contributed by atoms with E-state index in [1.807, 2.05) is 0 Å². The fourth-order valence-corrected chi connectivity index (χ4v) is 4.11. The van der Waals surface area contributed by atoms with Crippen molar-refractivity contribution in [1.29, 1.82) is 0 Å². The van der Waals surface area contributed by atoms with E-state index in [1.54, 1.807) is 6.07 Å². The highest BCUT2D eigenvalue weighted by atomic mass is 19.4. The summed E-state index contributed by atoms with van der Waals surface area (Å²) < 4.78 is 54.4. The molecule has 3 aromatic rings. The van der Waals surface area contributed by atoms with Gasteiger partial charge in [0, 0.05) is 42.2 Å². The van der Waals surface area contributed by atoms with Crippen LogP contribution >= 0.6 is 0 Å². The average Bonchev–Trinajstić information content (AvgIpc) is 2.79. The zero-order valence-electron chi connectivity index (χ0n) is 18.0. The van der Waals surface area contributed by atoms with E-state index in [9.17, 15) is 27.5 Å². The number of halogens is 4. The van der Waals surface area contributed by atoms with E-state index >= 15 is 0 Å². The van der Waals surface area contributed by atoms with Gasteiger partial charge in [-0.3, -0.25) is 9.78 Å². The normalized spacial score (nSPS) is 18.7. The molecule has 34 heavy (non-hydrogen) atoms. The molecule has 6 nitrogen and oxygen atoms in total. The van der Waals surface area contributed by atoms with Crippen LogP contribution in [0, 0.1) is 5.82 Å². The van der Waals surface area contributed by atoms with E-state index in [2.05, 4.69) is 9.97 Å². The van der Waals surface area contributed by atoms with Gasteiger partial charge in [0.1, 0.15) is 11.5 Å². The third-order valence-corrected chi connectivity index (χ3v) is 5.91. The second kappa shape index (κ2) is 9.02. The van der Waals surface area contributed by atoms with Gasteiger partial charge in [-0.25, -0.2) is 9.37 Å². The first kappa shape index (κ1) is 23.6. The number of nitrogens with two attached hydrogens (primary N) is 1. The summed E-state index contributed by atoms with van der Waals surface area (Å²) in [5, 5.41) is 10.2. The molecule has 0 saturated carbocycles. The number of anilines is 2. The van der Waals surface area contributed by atoms with Crippen molar-refractivity contribution in [2.45, 2.75) is 31.0 Å². The van der Waals surface area contributed by atoms with Gasteiger partial charge in [0.05, 0.1) is 17.9 Å². The Kier molecular flexibility index (Phi) is 6.26. The summed E-state index contributed by atoms with van der Waals surface area (Å²) >= 11 is 0. The first-order valence-electron chi connectivity index (χ1n) is 10.6. The number of alkyl halides is 3. The zero-order chi connectivity index (χ0) is 24.5. The molecule has 178 valence electrons. The lowest BCUT2D eigenvalue weighted by Crippen LogP contribution is -2.57. The summed E-state index contributed by atoms with van der Waals surface area (Å²) in [7, 11) is 0. The van der Waals surface area contributed by atoms with E-state index < -0.39 is 36.3 Å². The maximum atomic E-state index is 14.2. The molecule has 10 heteroatoms. The number of pyridine rings is 2. The number of hydrogen-bond acceptors (Lipinski definition) is 6. The lowest BCUT2D eigenvalue weighted by Gasteiger charge is -2.41. The van der Waals surface area contributed by atoms with Gasteiger partial charge in [-0.05, 0) is 43.2 Å². The van der Waals surface area contributed by atoms with Gasteiger partial charge in [0.15, 0.2) is 11.4 Å². The van der Waals surface area contributed by atoms with E-state index in [-0.39, 0.29) is 42.0 Å². The molecule has 3 N–H and O–H groups in total. The molecule has 1 fully saturated rings. The molecule has 1 aliphatic heterocycles. The smallest absolute Gasteiger partial charge is 0.397 e. The molecule has 0 aliphatic carbocycles. The minimum Gasteiger partial charge on any atom is -0.397 e. The van der Waals surface area contributed by atoms with Gasteiger partial charge >= 0.3 is 6.18 Å². The number of carbonyl (C=O) groups is 1. The lowest BCUT2D eigenvalue weighted by molar-refractivity contribution is -0.261. The number of hydrogen-bond donors (Lipinski definition) is 2. The highest BCUT2D eigenvalue weighted by Crippen LogP contribution is 2.39. The van der Waals surface area contributed by atoms with Crippen molar-refractivity contribution in [3.05, 3.63) is 71.9 Å².